The molecule has 0 aliphatic rings. The Kier molecular flexibility index (Phi) is 17.2. The number of hydrogen-bond donors (Lipinski definition) is 5. The second kappa shape index (κ2) is 19.4. The van der Waals surface area contributed by atoms with Gasteiger partial charge in [-0.1, -0.05) is 65.0 Å². The average Bonchev–Trinajstić information content (AvgIpc) is 3.02. The van der Waals surface area contributed by atoms with E-state index in [1.165, 1.54) is 41.0 Å². The fourth-order valence-corrected chi connectivity index (χ4v) is 6.49. The second-order valence-electron chi connectivity index (χ2n) is 12.9. The molecule has 1 aromatic heterocycles. The van der Waals surface area contributed by atoms with Gasteiger partial charge in [0, 0.05) is 31.2 Å². The first-order valence-corrected chi connectivity index (χ1v) is 16.9. The van der Waals surface area contributed by atoms with Crippen molar-refractivity contribution in [2.24, 2.45) is 11.3 Å². The summed E-state index contributed by atoms with van der Waals surface area (Å²) in [6.45, 7) is 8.52. The first kappa shape index (κ1) is 43.3. The number of sulfonamides is 1. The van der Waals surface area contributed by atoms with Crippen molar-refractivity contribution in [3.63, 3.8) is 0 Å². The summed E-state index contributed by atoms with van der Waals surface area (Å²) in [5, 5.41) is 19.7. The predicted octanol–water partition coefficient (Wildman–Crippen LogP) is 3.20. The van der Waals surface area contributed by atoms with Crippen LogP contribution in [0.5, 0.6) is 0 Å². The highest BCUT2D eigenvalue weighted by atomic mass is 35.5. The van der Waals surface area contributed by atoms with Crippen molar-refractivity contribution in [3.05, 3.63) is 90.3 Å². The number of nitrogens with two attached hydrogens (primary N) is 1. The van der Waals surface area contributed by atoms with Crippen LogP contribution in [0, 0.1) is 11.3 Å². The first-order valence-electron chi connectivity index (χ1n) is 15.4. The zero-order valence-electron chi connectivity index (χ0n) is 28.3. The van der Waals surface area contributed by atoms with Crippen LogP contribution in [-0.2, 0) is 26.0 Å². The zero-order valence-corrected chi connectivity index (χ0v) is 30.8. The van der Waals surface area contributed by atoms with Gasteiger partial charge in [-0.3, -0.25) is 19.4 Å². The molecule has 12 nitrogen and oxygen atoms in total. The van der Waals surface area contributed by atoms with E-state index >= 15 is 0 Å². The van der Waals surface area contributed by atoms with Crippen LogP contribution < -0.4 is 21.7 Å². The number of amides is 3. The van der Waals surface area contributed by atoms with Gasteiger partial charge in [0.2, 0.25) is 21.8 Å². The quantitative estimate of drug-likeness (QED) is 0.147. The van der Waals surface area contributed by atoms with Crippen molar-refractivity contribution >= 4 is 58.2 Å². The van der Waals surface area contributed by atoms with Crippen molar-refractivity contribution in [1.82, 2.24) is 25.2 Å². The highest BCUT2D eigenvalue weighted by Gasteiger charge is 2.36. The molecule has 15 heteroatoms. The summed E-state index contributed by atoms with van der Waals surface area (Å²) in [7, 11) is -4.02. The van der Waals surface area contributed by atoms with Crippen molar-refractivity contribution in [2.75, 3.05) is 25.4 Å². The maximum atomic E-state index is 13.8. The average molecular weight is 740 g/mol. The van der Waals surface area contributed by atoms with Gasteiger partial charge in [-0.05, 0) is 59.7 Å². The van der Waals surface area contributed by atoms with Gasteiger partial charge in [0.05, 0.1) is 29.1 Å². The molecule has 3 atom stereocenters. The van der Waals surface area contributed by atoms with Crippen LogP contribution in [0.3, 0.4) is 0 Å². The number of aromatic nitrogens is 1. The smallest absolute Gasteiger partial charge is 0.253 e. The molecule has 0 saturated heterocycles. The third kappa shape index (κ3) is 13.2. The predicted molar refractivity (Wildman–Crippen MR) is 195 cm³/mol. The lowest BCUT2D eigenvalue weighted by Crippen LogP contribution is -2.59. The number of nitrogen functional groups attached to an aromatic ring is 1. The summed E-state index contributed by atoms with van der Waals surface area (Å²) < 4.78 is 28.6. The van der Waals surface area contributed by atoms with Crippen molar-refractivity contribution < 1.29 is 27.9 Å². The minimum Gasteiger partial charge on any atom is -0.399 e. The molecule has 6 N–H and O–H groups in total. The number of hydrogen-bond acceptors (Lipinski definition) is 8. The fraction of sp³-hybridized carbons (Fsp3) is 0.412. The summed E-state index contributed by atoms with van der Waals surface area (Å²) in [6.07, 6.45) is 1.77. The number of carbonyl (C=O) groups excluding carboxylic acids is 3. The lowest BCUT2D eigenvalue weighted by molar-refractivity contribution is -0.132. The molecule has 49 heavy (non-hydrogen) atoms. The van der Waals surface area contributed by atoms with Gasteiger partial charge in [0.25, 0.3) is 5.91 Å². The highest BCUT2D eigenvalue weighted by Crippen LogP contribution is 2.22. The summed E-state index contributed by atoms with van der Waals surface area (Å²) in [5.41, 5.74) is 6.52. The zero-order chi connectivity index (χ0) is 34.8. The molecule has 0 aliphatic carbocycles. The molecule has 0 saturated carbocycles. The van der Waals surface area contributed by atoms with E-state index in [1.807, 2.05) is 44.2 Å². The number of aliphatic hydroxyl groups is 1. The molecule has 1 heterocycles. The summed E-state index contributed by atoms with van der Waals surface area (Å²) in [6, 6.07) is 16.2. The highest BCUT2D eigenvalue weighted by molar-refractivity contribution is 7.89. The van der Waals surface area contributed by atoms with Crippen LogP contribution in [-0.4, -0.2) is 78.4 Å². The van der Waals surface area contributed by atoms with Crippen LogP contribution in [0.15, 0.2) is 84.0 Å². The van der Waals surface area contributed by atoms with E-state index in [0.717, 1.165) is 5.56 Å². The maximum Gasteiger partial charge on any atom is 0.253 e. The van der Waals surface area contributed by atoms with E-state index in [2.05, 4.69) is 20.9 Å². The third-order valence-electron chi connectivity index (χ3n) is 7.33. The van der Waals surface area contributed by atoms with E-state index in [0.29, 0.717) is 5.69 Å². The number of nitrogens with zero attached hydrogens (tertiary/aromatic N) is 2. The van der Waals surface area contributed by atoms with Crippen molar-refractivity contribution in [1.29, 1.82) is 0 Å². The van der Waals surface area contributed by atoms with E-state index in [-0.39, 0.29) is 67.2 Å². The van der Waals surface area contributed by atoms with Gasteiger partial charge >= 0.3 is 0 Å². The molecule has 3 rings (SSSR count). The number of benzene rings is 2. The number of nitrogens with one attached hydrogen (secondary N) is 3. The van der Waals surface area contributed by atoms with Gasteiger partial charge in [-0.2, -0.15) is 4.31 Å². The van der Waals surface area contributed by atoms with Crippen LogP contribution >= 0.6 is 24.8 Å². The first-order chi connectivity index (χ1) is 22.1. The van der Waals surface area contributed by atoms with Gasteiger partial charge in [-0.25, -0.2) is 8.42 Å². The molecule has 0 unspecified atom stereocenters. The van der Waals surface area contributed by atoms with E-state index in [9.17, 15) is 27.9 Å². The van der Waals surface area contributed by atoms with Crippen LogP contribution in [0.25, 0.3) is 0 Å². The molecule has 0 fully saturated rings. The van der Waals surface area contributed by atoms with Crippen LogP contribution in [0.2, 0.25) is 0 Å². The Labute approximate surface area is 301 Å². The number of anilines is 1. The molecule has 0 radical (unpaired) electrons. The molecule has 0 spiro atoms. The summed E-state index contributed by atoms with van der Waals surface area (Å²) in [5.74, 6) is -1.71. The van der Waals surface area contributed by atoms with Crippen LogP contribution in [0.1, 0.15) is 50.5 Å². The topological polar surface area (TPSA) is 184 Å². The number of pyridine rings is 1. The number of rotatable bonds is 15. The third-order valence-corrected chi connectivity index (χ3v) is 9.18. The Bertz CT molecular complexity index is 1590. The molecular formula is C34H48Cl2N6O6S. The number of aliphatic hydroxyl groups excluding tert-OH is 1. The van der Waals surface area contributed by atoms with Gasteiger partial charge in [-0.15, -0.1) is 24.8 Å². The SMILES string of the molecule is CC(C)CN(C[C@@H](O)[C@H](Cc1ccccc1)NC(=O)[C@@H](NC(=O)CNC(=O)c1cccnc1)C(C)(C)C)S(=O)(=O)c1ccc(N)cc1.Cl.Cl. The lowest BCUT2D eigenvalue weighted by Gasteiger charge is -2.34. The summed E-state index contributed by atoms with van der Waals surface area (Å²) >= 11 is 0. The monoisotopic (exact) mass is 738 g/mol. The Morgan fingerprint density at radius 1 is 0.918 bits per heavy atom. The minimum absolute atomic E-state index is 0. The largest absolute Gasteiger partial charge is 0.399 e. The number of carbonyl (C=O) groups is 3. The molecule has 3 aromatic rings. The minimum atomic E-state index is -4.02. The Morgan fingerprint density at radius 2 is 1.55 bits per heavy atom. The van der Waals surface area contributed by atoms with Crippen LogP contribution in [0.4, 0.5) is 5.69 Å². The standard InChI is InChI=1S/C34H46N6O6S.2ClH/c1-23(2)21-40(47(45,46)27-15-13-26(35)14-16-27)22-29(41)28(18-24-10-7-6-8-11-24)38-33(44)31(34(3,4)5)39-30(42)20-37-32(43)25-12-9-17-36-19-25;;/h6-17,19,23,28-29,31,41H,18,20-22,35H2,1-5H3,(H,37,43)(H,38,44)(H,39,42);2*1H/t28-,29+,31+;;/m0../s1. The Morgan fingerprint density at radius 3 is 2.10 bits per heavy atom. The van der Waals surface area contributed by atoms with Gasteiger partial charge in [0.1, 0.15) is 6.04 Å². The molecular weight excluding hydrogens is 691 g/mol. The van der Waals surface area contributed by atoms with E-state index in [1.54, 1.807) is 32.9 Å². The van der Waals surface area contributed by atoms with E-state index < -0.39 is 51.3 Å². The maximum absolute atomic E-state index is 13.8. The van der Waals surface area contributed by atoms with Gasteiger partial charge < -0.3 is 26.8 Å². The normalized spacial score (nSPS) is 13.3. The Hall–Kier alpha value is -3.75. The fourth-order valence-electron chi connectivity index (χ4n) is 4.87. The van der Waals surface area contributed by atoms with E-state index in [4.69, 9.17) is 5.73 Å². The van der Waals surface area contributed by atoms with Crippen molar-refractivity contribution in [2.45, 2.75) is 64.1 Å². The molecule has 2 aromatic carbocycles. The second-order valence-corrected chi connectivity index (χ2v) is 14.9. The van der Waals surface area contributed by atoms with Crippen molar-refractivity contribution in [3.8, 4) is 0 Å². The molecule has 270 valence electrons. The molecule has 0 aliphatic heterocycles. The number of halogens is 2. The lowest BCUT2D eigenvalue weighted by atomic mass is 9.85. The molecule has 3 amide bonds. The van der Waals surface area contributed by atoms with Gasteiger partial charge in [0.15, 0.2) is 0 Å². The Balaban J connectivity index is 0.00000600. The summed E-state index contributed by atoms with van der Waals surface area (Å²) in [4.78, 5) is 43.1. The molecule has 0 bridgehead atoms.